The van der Waals surface area contributed by atoms with Crippen LogP contribution < -0.4 is 0 Å². The number of nitrogens with zero attached hydrogens (tertiary/aromatic N) is 2. The maximum atomic E-state index is 7.70. The van der Waals surface area contributed by atoms with Crippen molar-refractivity contribution in [3.05, 3.63) is 18.0 Å². The van der Waals surface area contributed by atoms with Gasteiger partial charge < -0.3 is 5.16 Å². The highest BCUT2D eigenvalue weighted by molar-refractivity contribution is 7.45. The van der Waals surface area contributed by atoms with E-state index >= 15 is 0 Å². The molecule has 0 aliphatic carbocycles. The molecule has 1 saturated heterocycles. The maximum Gasteiger partial charge on any atom is 0.0526 e. The molecule has 72 valence electrons. The van der Waals surface area contributed by atoms with Crippen molar-refractivity contribution in [3.8, 4) is 0 Å². The third-order valence-electron chi connectivity index (χ3n) is 2.66. The Labute approximate surface area is 79.4 Å². The van der Waals surface area contributed by atoms with Crippen LogP contribution in [0.4, 0.5) is 0 Å². The van der Waals surface area contributed by atoms with Gasteiger partial charge >= 0.3 is 0 Å². The first-order valence-corrected chi connectivity index (χ1v) is 6.74. The van der Waals surface area contributed by atoms with Crippen molar-refractivity contribution in [2.24, 2.45) is 0 Å². The van der Waals surface area contributed by atoms with Gasteiger partial charge in [0.1, 0.15) is 0 Å². The fraction of sp³-hybridized carbons (Fsp3) is 0.667. The fourth-order valence-corrected chi connectivity index (χ4v) is 3.46. The minimum atomic E-state index is -0.717. The molecular formula is C9H16N3P. The van der Waals surface area contributed by atoms with Gasteiger partial charge in [0.25, 0.3) is 0 Å². The number of hydrogen-bond acceptors (Lipinski definition) is 2. The van der Waals surface area contributed by atoms with Crippen LogP contribution in [0.5, 0.6) is 0 Å². The van der Waals surface area contributed by atoms with E-state index in [9.17, 15) is 0 Å². The highest BCUT2D eigenvalue weighted by atomic mass is 31.1. The first kappa shape index (κ1) is 9.01. The monoisotopic (exact) mass is 197 g/mol. The number of nitrogens with one attached hydrogen (secondary N) is 1. The number of aryl methyl sites for hydroxylation is 1. The van der Waals surface area contributed by atoms with Crippen molar-refractivity contribution >= 4 is 7.71 Å². The van der Waals surface area contributed by atoms with E-state index in [1.165, 1.54) is 18.4 Å². The largest absolute Gasteiger partial charge is 0.322 e. The van der Waals surface area contributed by atoms with E-state index in [4.69, 9.17) is 5.16 Å². The Balaban J connectivity index is 2.06. The summed E-state index contributed by atoms with van der Waals surface area (Å²) in [7, 11) is -0.717. The van der Waals surface area contributed by atoms with Crippen LogP contribution in [0.2, 0.25) is 0 Å². The first-order valence-electron chi connectivity index (χ1n) is 4.83. The average Bonchev–Trinajstić information content (AvgIpc) is 2.53. The second-order valence-electron chi connectivity index (χ2n) is 3.83. The van der Waals surface area contributed by atoms with Crippen molar-refractivity contribution in [2.45, 2.75) is 25.8 Å². The van der Waals surface area contributed by atoms with Crippen LogP contribution in [0.1, 0.15) is 24.4 Å². The van der Waals surface area contributed by atoms with Crippen LogP contribution in [0.25, 0.3) is 0 Å². The van der Waals surface area contributed by atoms with Crippen molar-refractivity contribution < 1.29 is 0 Å². The highest BCUT2D eigenvalue weighted by Crippen LogP contribution is 2.35. The minimum Gasteiger partial charge on any atom is -0.322 e. The lowest BCUT2D eigenvalue weighted by molar-refractivity contribution is 0.423. The van der Waals surface area contributed by atoms with Crippen LogP contribution in [-0.2, 0) is 0 Å². The molecular weight excluding hydrogens is 181 g/mol. The maximum absolute atomic E-state index is 7.70. The van der Waals surface area contributed by atoms with Gasteiger partial charge in [-0.15, -0.1) is 0 Å². The van der Waals surface area contributed by atoms with Gasteiger partial charge in [0.15, 0.2) is 0 Å². The van der Waals surface area contributed by atoms with Gasteiger partial charge in [0, 0.05) is 6.20 Å². The van der Waals surface area contributed by atoms with Gasteiger partial charge in [-0.05, 0) is 45.4 Å². The molecule has 0 spiro atoms. The molecule has 1 aromatic heterocycles. The molecule has 0 radical (unpaired) electrons. The third kappa shape index (κ3) is 2.02. The Kier molecular flexibility index (Phi) is 2.54. The molecule has 1 aliphatic rings. The van der Waals surface area contributed by atoms with Crippen molar-refractivity contribution in [2.75, 3.05) is 12.3 Å². The van der Waals surface area contributed by atoms with E-state index in [1.54, 1.807) is 0 Å². The standard InChI is InChI=1S/C9H16N3P/c1-8-6-11-12(7-8)9-2-4-13(10)5-3-9/h6-7,9-10,13H,2-5H2,1H3. The molecule has 1 aromatic rings. The Morgan fingerprint density at radius 2 is 2.23 bits per heavy atom. The lowest BCUT2D eigenvalue weighted by Crippen LogP contribution is -2.15. The molecule has 0 unspecified atom stereocenters. The van der Waals surface area contributed by atoms with Crippen LogP contribution >= 0.6 is 7.71 Å². The lowest BCUT2D eigenvalue weighted by Gasteiger charge is -2.23. The SMILES string of the molecule is Cc1cnn(C2CC[PH](=N)CC2)c1. The molecule has 1 fully saturated rings. The molecule has 0 amide bonds. The summed E-state index contributed by atoms with van der Waals surface area (Å²) < 4.78 is 2.09. The molecule has 0 atom stereocenters. The average molecular weight is 197 g/mol. The molecule has 4 heteroatoms. The van der Waals surface area contributed by atoms with Crippen LogP contribution in [-0.4, -0.2) is 22.1 Å². The second-order valence-corrected chi connectivity index (χ2v) is 6.04. The van der Waals surface area contributed by atoms with E-state index < -0.39 is 7.71 Å². The summed E-state index contributed by atoms with van der Waals surface area (Å²) in [6.07, 6.45) is 8.63. The normalized spacial score (nSPS) is 29.0. The molecule has 1 aliphatic heterocycles. The van der Waals surface area contributed by atoms with Crippen molar-refractivity contribution in [1.82, 2.24) is 9.78 Å². The predicted octanol–water partition coefficient (Wildman–Crippen LogP) is 2.50. The number of rotatable bonds is 1. The summed E-state index contributed by atoms with van der Waals surface area (Å²) >= 11 is 0. The van der Waals surface area contributed by atoms with Crippen molar-refractivity contribution in [3.63, 3.8) is 0 Å². The van der Waals surface area contributed by atoms with E-state index in [2.05, 4.69) is 22.9 Å². The smallest absolute Gasteiger partial charge is 0.0526 e. The fourth-order valence-electron chi connectivity index (χ4n) is 1.85. The highest BCUT2D eigenvalue weighted by Gasteiger charge is 2.17. The molecule has 13 heavy (non-hydrogen) atoms. The zero-order valence-corrected chi connectivity index (χ0v) is 8.95. The summed E-state index contributed by atoms with van der Waals surface area (Å²) in [5, 5.41) is 12.0. The zero-order chi connectivity index (χ0) is 9.26. The lowest BCUT2D eigenvalue weighted by atomic mass is 10.2. The first-order chi connectivity index (χ1) is 6.25. The molecule has 3 nitrogen and oxygen atoms in total. The van der Waals surface area contributed by atoms with Crippen molar-refractivity contribution in [1.29, 1.82) is 5.16 Å². The van der Waals surface area contributed by atoms with Crippen LogP contribution in [0.15, 0.2) is 12.4 Å². The predicted molar refractivity (Wildman–Crippen MR) is 56.0 cm³/mol. The van der Waals surface area contributed by atoms with E-state index in [-0.39, 0.29) is 0 Å². The number of aromatic nitrogens is 2. The Morgan fingerprint density at radius 3 is 2.77 bits per heavy atom. The molecule has 0 bridgehead atoms. The summed E-state index contributed by atoms with van der Waals surface area (Å²) in [6.45, 7) is 2.08. The molecule has 0 aromatic carbocycles. The molecule has 2 heterocycles. The van der Waals surface area contributed by atoms with Crippen LogP contribution in [0, 0.1) is 12.1 Å². The van der Waals surface area contributed by atoms with Gasteiger partial charge in [0.2, 0.25) is 0 Å². The van der Waals surface area contributed by atoms with Gasteiger partial charge in [-0.3, -0.25) is 4.68 Å². The van der Waals surface area contributed by atoms with Gasteiger partial charge in [-0.25, -0.2) is 0 Å². The quantitative estimate of drug-likeness (QED) is 0.690. The number of hydrogen-bond donors (Lipinski definition) is 1. The zero-order valence-electron chi connectivity index (χ0n) is 7.95. The minimum absolute atomic E-state index is 0.577. The van der Waals surface area contributed by atoms with E-state index in [0.717, 1.165) is 12.3 Å². The third-order valence-corrected chi connectivity index (χ3v) is 4.45. The van der Waals surface area contributed by atoms with E-state index in [1.807, 2.05) is 6.20 Å². The summed E-state index contributed by atoms with van der Waals surface area (Å²) in [4.78, 5) is 0. The molecule has 0 saturated carbocycles. The summed E-state index contributed by atoms with van der Waals surface area (Å²) in [6, 6.07) is 0.577. The Bertz CT molecular complexity index is 308. The van der Waals surface area contributed by atoms with Gasteiger partial charge in [-0.2, -0.15) is 5.10 Å². The summed E-state index contributed by atoms with van der Waals surface area (Å²) in [5.74, 6) is 0. The Morgan fingerprint density at radius 1 is 1.54 bits per heavy atom. The molecule has 2 rings (SSSR count). The molecule has 1 N–H and O–H groups in total. The van der Waals surface area contributed by atoms with E-state index in [0.29, 0.717) is 6.04 Å². The second kappa shape index (κ2) is 3.67. The van der Waals surface area contributed by atoms with Gasteiger partial charge in [0.05, 0.1) is 12.2 Å². The van der Waals surface area contributed by atoms with Gasteiger partial charge in [-0.1, -0.05) is 0 Å². The topological polar surface area (TPSA) is 41.7 Å². The van der Waals surface area contributed by atoms with Crippen LogP contribution in [0.3, 0.4) is 0 Å². The summed E-state index contributed by atoms with van der Waals surface area (Å²) in [5.41, 5.74) is 1.24. The Hall–Kier alpha value is -0.560.